The van der Waals surface area contributed by atoms with Gasteiger partial charge in [0.15, 0.2) is 11.2 Å². The molecule has 0 bridgehead atoms. The highest BCUT2D eigenvalue weighted by molar-refractivity contribution is 5.76. The first-order valence-electron chi connectivity index (χ1n) is 9.47. The van der Waals surface area contributed by atoms with Crippen LogP contribution in [0.3, 0.4) is 0 Å². The minimum atomic E-state index is -0.356. The summed E-state index contributed by atoms with van der Waals surface area (Å²) in [7, 11) is 1.67. The van der Waals surface area contributed by atoms with Crippen molar-refractivity contribution in [1.82, 2.24) is 23.1 Å². The molecule has 0 radical (unpaired) electrons. The van der Waals surface area contributed by atoms with Crippen LogP contribution < -0.4 is 11.2 Å². The van der Waals surface area contributed by atoms with Crippen molar-refractivity contribution >= 4 is 16.9 Å². The molecular formula is C21H25N5O2. The average Bonchev–Trinajstić information content (AvgIpc) is 3.13. The highest BCUT2D eigenvalue weighted by Gasteiger charge is 2.23. The van der Waals surface area contributed by atoms with E-state index in [2.05, 4.69) is 23.4 Å². The van der Waals surface area contributed by atoms with Crippen molar-refractivity contribution in [3.05, 3.63) is 67.6 Å². The molecule has 7 heteroatoms. The second-order valence-electron chi connectivity index (χ2n) is 7.78. The molecular weight excluding hydrogens is 354 g/mol. The number of fused-ring (bicyclic) bond motifs is 3. The zero-order valence-corrected chi connectivity index (χ0v) is 17.1. The molecule has 0 amide bonds. The van der Waals surface area contributed by atoms with Gasteiger partial charge in [-0.25, -0.2) is 4.79 Å². The van der Waals surface area contributed by atoms with Crippen molar-refractivity contribution in [2.75, 3.05) is 0 Å². The van der Waals surface area contributed by atoms with Crippen LogP contribution in [0, 0.1) is 20.8 Å². The zero-order valence-electron chi connectivity index (χ0n) is 17.1. The Bertz CT molecular complexity index is 1350. The lowest BCUT2D eigenvalue weighted by atomic mass is 10.1. The maximum atomic E-state index is 13.4. The van der Waals surface area contributed by atoms with Crippen molar-refractivity contribution in [3.8, 4) is 0 Å². The van der Waals surface area contributed by atoms with Crippen LogP contribution >= 0.6 is 0 Å². The molecule has 0 aliphatic rings. The Kier molecular flexibility index (Phi) is 4.06. The van der Waals surface area contributed by atoms with Gasteiger partial charge in [0.25, 0.3) is 5.56 Å². The van der Waals surface area contributed by atoms with E-state index in [1.165, 1.54) is 9.13 Å². The maximum Gasteiger partial charge on any atom is 0.332 e. The van der Waals surface area contributed by atoms with Crippen molar-refractivity contribution in [2.45, 2.75) is 47.2 Å². The SMILES string of the molecule is Cc1cccc(Cn2c(=O)c3c(nc4n(C(C)C)c(C)c(C)n34)n(C)c2=O)c1. The summed E-state index contributed by atoms with van der Waals surface area (Å²) in [4.78, 5) is 31.0. The summed E-state index contributed by atoms with van der Waals surface area (Å²) in [5.41, 5.74) is 4.25. The third-order valence-corrected chi connectivity index (χ3v) is 5.50. The quantitative estimate of drug-likeness (QED) is 0.550. The van der Waals surface area contributed by atoms with E-state index >= 15 is 0 Å². The molecule has 0 N–H and O–H groups in total. The number of aromatic nitrogens is 5. The molecule has 0 aliphatic heterocycles. The molecule has 4 aromatic rings. The van der Waals surface area contributed by atoms with Gasteiger partial charge in [-0.3, -0.25) is 18.3 Å². The van der Waals surface area contributed by atoms with E-state index < -0.39 is 0 Å². The molecule has 3 aromatic heterocycles. The van der Waals surface area contributed by atoms with Crippen LogP contribution in [0.2, 0.25) is 0 Å². The first kappa shape index (κ1) is 18.3. The van der Waals surface area contributed by atoms with Gasteiger partial charge in [-0.05, 0) is 40.2 Å². The molecule has 7 nitrogen and oxygen atoms in total. The van der Waals surface area contributed by atoms with Gasteiger partial charge in [-0.2, -0.15) is 4.98 Å². The molecule has 28 heavy (non-hydrogen) atoms. The number of aryl methyl sites for hydroxylation is 3. The monoisotopic (exact) mass is 379 g/mol. The average molecular weight is 379 g/mol. The molecule has 0 aliphatic carbocycles. The second kappa shape index (κ2) is 6.22. The summed E-state index contributed by atoms with van der Waals surface area (Å²) >= 11 is 0. The fourth-order valence-electron chi connectivity index (χ4n) is 4.03. The van der Waals surface area contributed by atoms with Crippen LogP contribution in [-0.2, 0) is 13.6 Å². The molecule has 0 saturated heterocycles. The van der Waals surface area contributed by atoms with Crippen molar-refractivity contribution < 1.29 is 0 Å². The van der Waals surface area contributed by atoms with E-state index in [4.69, 9.17) is 0 Å². The molecule has 0 atom stereocenters. The van der Waals surface area contributed by atoms with Crippen LogP contribution in [-0.4, -0.2) is 23.1 Å². The molecule has 0 spiro atoms. The molecule has 0 saturated carbocycles. The fraction of sp³-hybridized carbons (Fsp3) is 0.381. The van der Waals surface area contributed by atoms with Crippen molar-refractivity contribution in [2.24, 2.45) is 7.05 Å². The maximum absolute atomic E-state index is 13.4. The number of hydrogen-bond donors (Lipinski definition) is 0. The fourth-order valence-corrected chi connectivity index (χ4v) is 4.03. The lowest BCUT2D eigenvalue weighted by Gasteiger charge is -2.10. The number of imidazole rings is 2. The minimum Gasteiger partial charge on any atom is -0.311 e. The summed E-state index contributed by atoms with van der Waals surface area (Å²) in [5.74, 6) is 0.695. The van der Waals surface area contributed by atoms with E-state index in [9.17, 15) is 9.59 Å². The van der Waals surface area contributed by atoms with Gasteiger partial charge in [-0.15, -0.1) is 0 Å². The van der Waals surface area contributed by atoms with Gasteiger partial charge in [-0.1, -0.05) is 29.8 Å². The largest absolute Gasteiger partial charge is 0.332 e. The Hall–Kier alpha value is -3.09. The van der Waals surface area contributed by atoms with E-state index in [0.717, 1.165) is 22.5 Å². The van der Waals surface area contributed by atoms with Crippen molar-refractivity contribution in [1.29, 1.82) is 0 Å². The van der Waals surface area contributed by atoms with E-state index in [1.807, 2.05) is 49.4 Å². The molecule has 146 valence electrons. The van der Waals surface area contributed by atoms with Crippen LogP contribution in [0.1, 0.15) is 42.4 Å². The molecule has 3 heterocycles. The van der Waals surface area contributed by atoms with Gasteiger partial charge in [0.05, 0.1) is 6.54 Å². The summed E-state index contributed by atoms with van der Waals surface area (Å²) < 4.78 is 6.76. The summed E-state index contributed by atoms with van der Waals surface area (Å²) in [6.07, 6.45) is 0. The Morgan fingerprint density at radius 2 is 1.79 bits per heavy atom. The highest BCUT2D eigenvalue weighted by atomic mass is 16.2. The smallest absolute Gasteiger partial charge is 0.311 e. The number of rotatable bonds is 3. The van der Waals surface area contributed by atoms with E-state index in [0.29, 0.717) is 16.9 Å². The normalized spacial score (nSPS) is 12.0. The highest BCUT2D eigenvalue weighted by Crippen LogP contribution is 2.24. The van der Waals surface area contributed by atoms with Crippen LogP contribution in [0.5, 0.6) is 0 Å². The zero-order chi connectivity index (χ0) is 20.3. The first-order chi connectivity index (χ1) is 13.2. The predicted molar refractivity (Wildman–Crippen MR) is 110 cm³/mol. The Balaban J connectivity index is 2.09. The third kappa shape index (κ3) is 2.46. The summed E-state index contributed by atoms with van der Waals surface area (Å²) in [6.45, 7) is 10.4. The molecule has 0 fully saturated rings. The molecule has 4 rings (SSSR count). The minimum absolute atomic E-state index is 0.194. The number of benzene rings is 1. The number of nitrogens with zero attached hydrogens (tertiary/aromatic N) is 5. The lowest BCUT2D eigenvalue weighted by molar-refractivity contribution is 0.600. The van der Waals surface area contributed by atoms with E-state index in [1.54, 1.807) is 7.05 Å². The summed E-state index contributed by atoms with van der Waals surface area (Å²) in [6, 6.07) is 8.05. The Labute approximate surface area is 162 Å². The van der Waals surface area contributed by atoms with E-state index in [-0.39, 0.29) is 23.8 Å². The van der Waals surface area contributed by atoms with Gasteiger partial charge in [0.1, 0.15) is 0 Å². The Morgan fingerprint density at radius 1 is 1.07 bits per heavy atom. The van der Waals surface area contributed by atoms with Crippen LogP contribution in [0.25, 0.3) is 16.9 Å². The van der Waals surface area contributed by atoms with Gasteiger partial charge >= 0.3 is 5.69 Å². The third-order valence-electron chi connectivity index (χ3n) is 5.50. The Morgan fingerprint density at radius 3 is 2.43 bits per heavy atom. The lowest BCUT2D eigenvalue weighted by Crippen LogP contribution is -2.39. The van der Waals surface area contributed by atoms with Gasteiger partial charge < -0.3 is 4.57 Å². The molecule has 1 aromatic carbocycles. The van der Waals surface area contributed by atoms with Crippen molar-refractivity contribution in [3.63, 3.8) is 0 Å². The summed E-state index contributed by atoms with van der Waals surface area (Å²) in [5, 5.41) is 0. The van der Waals surface area contributed by atoms with Crippen LogP contribution in [0.4, 0.5) is 0 Å². The standard InChI is InChI=1S/C21H25N5O2/c1-12(2)25-14(4)15(5)26-17-18(22-20(25)26)23(6)21(28)24(19(17)27)11-16-9-7-8-13(3)10-16/h7-10,12H,11H2,1-6H3. The first-order valence-corrected chi connectivity index (χ1v) is 9.47. The van der Waals surface area contributed by atoms with Gasteiger partial charge in [0.2, 0.25) is 5.78 Å². The van der Waals surface area contributed by atoms with Crippen LogP contribution in [0.15, 0.2) is 33.9 Å². The van der Waals surface area contributed by atoms with Gasteiger partial charge in [0, 0.05) is 24.5 Å². The number of hydrogen-bond acceptors (Lipinski definition) is 3. The second-order valence-corrected chi connectivity index (χ2v) is 7.78. The topological polar surface area (TPSA) is 66.2 Å². The molecule has 0 unspecified atom stereocenters. The predicted octanol–water partition coefficient (Wildman–Crippen LogP) is 2.70.